The lowest BCUT2D eigenvalue weighted by atomic mass is 10.2. The Balaban J connectivity index is 3.08. The second-order valence-corrected chi connectivity index (χ2v) is 3.00. The van der Waals surface area contributed by atoms with Crippen LogP contribution in [0.15, 0.2) is 12.1 Å². The van der Waals surface area contributed by atoms with Gasteiger partial charge in [-0.25, -0.2) is 4.98 Å². The van der Waals surface area contributed by atoms with Gasteiger partial charge in [-0.3, -0.25) is 0 Å². The molecule has 4 heteroatoms. The Morgan fingerprint density at radius 2 is 1.82 bits per heavy atom. The molecule has 60 valence electrons. The average Bonchev–Trinajstić information content (AvgIpc) is 1.85. The van der Waals surface area contributed by atoms with Crippen LogP contribution >= 0.6 is 23.2 Å². The van der Waals surface area contributed by atoms with Gasteiger partial charge in [0.25, 0.3) is 0 Å². The number of pyridine rings is 1. The SMILES string of the molecule is C[C@H](O)c1cc(Cl)nc(Cl)c1. The van der Waals surface area contributed by atoms with Gasteiger partial charge in [-0.2, -0.15) is 0 Å². The molecule has 1 N–H and O–H groups in total. The number of aliphatic hydroxyl groups excluding tert-OH is 1. The first-order chi connectivity index (χ1) is 5.09. The maximum Gasteiger partial charge on any atom is 0.131 e. The number of halogens is 2. The maximum absolute atomic E-state index is 9.13. The van der Waals surface area contributed by atoms with Crippen LogP contribution in [-0.2, 0) is 0 Å². The topological polar surface area (TPSA) is 33.1 Å². The molecule has 0 spiro atoms. The molecule has 0 aliphatic carbocycles. The van der Waals surface area contributed by atoms with E-state index in [2.05, 4.69) is 4.98 Å². The lowest BCUT2D eigenvalue weighted by Gasteiger charge is -2.04. The molecule has 0 bridgehead atoms. The van der Waals surface area contributed by atoms with Crippen molar-refractivity contribution >= 4 is 23.2 Å². The Labute approximate surface area is 74.8 Å². The van der Waals surface area contributed by atoms with Gasteiger partial charge >= 0.3 is 0 Å². The Bertz CT molecular complexity index is 242. The zero-order valence-electron chi connectivity index (χ0n) is 5.88. The molecule has 0 saturated heterocycles. The van der Waals surface area contributed by atoms with Crippen LogP contribution in [0.25, 0.3) is 0 Å². The minimum Gasteiger partial charge on any atom is -0.389 e. The van der Waals surface area contributed by atoms with E-state index >= 15 is 0 Å². The van der Waals surface area contributed by atoms with Gasteiger partial charge in [0.1, 0.15) is 10.3 Å². The van der Waals surface area contributed by atoms with Crippen molar-refractivity contribution in [1.82, 2.24) is 4.98 Å². The molecule has 11 heavy (non-hydrogen) atoms. The second kappa shape index (κ2) is 3.39. The van der Waals surface area contributed by atoms with Crippen LogP contribution in [0.1, 0.15) is 18.6 Å². The summed E-state index contributed by atoms with van der Waals surface area (Å²) in [5.41, 5.74) is 0.676. The summed E-state index contributed by atoms with van der Waals surface area (Å²) in [6.45, 7) is 1.64. The van der Waals surface area contributed by atoms with Gasteiger partial charge in [-0.1, -0.05) is 23.2 Å². The highest BCUT2D eigenvalue weighted by Gasteiger charge is 2.03. The van der Waals surface area contributed by atoms with Crippen molar-refractivity contribution in [2.24, 2.45) is 0 Å². The third-order valence-electron chi connectivity index (χ3n) is 1.27. The van der Waals surface area contributed by atoms with Gasteiger partial charge in [0.2, 0.25) is 0 Å². The lowest BCUT2D eigenvalue weighted by molar-refractivity contribution is 0.199. The predicted octanol–water partition coefficient (Wildman–Crippen LogP) is 2.44. The molecule has 1 rings (SSSR count). The number of hydrogen-bond donors (Lipinski definition) is 1. The predicted molar refractivity (Wildman–Crippen MR) is 44.9 cm³/mol. The van der Waals surface area contributed by atoms with E-state index in [-0.39, 0.29) is 0 Å². The number of nitrogens with zero attached hydrogens (tertiary/aromatic N) is 1. The highest BCUT2D eigenvalue weighted by Crippen LogP contribution is 2.19. The highest BCUT2D eigenvalue weighted by molar-refractivity contribution is 6.32. The summed E-state index contributed by atoms with van der Waals surface area (Å²) < 4.78 is 0. The average molecular weight is 192 g/mol. The van der Waals surface area contributed by atoms with Crippen molar-refractivity contribution in [3.63, 3.8) is 0 Å². The van der Waals surface area contributed by atoms with E-state index in [0.717, 1.165) is 0 Å². The molecule has 0 radical (unpaired) electrons. The van der Waals surface area contributed by atoms with Crippen LogP contribution in [0.2, 0.25) is 10.3 Å². The molecule has 2 nitrogen and oxygen atoms in total. The third-order valence-corrected chi connectivity index (χ3v) is 1.65. The summed E-state index contributed by atoms with van der Waals surface area (Å²) in [5, 5.41) is 9.73. The minimum absolute atomic E-state index is 0.299. The minimum atomic E-state index is -0.562. The van der Waals surface area contributed by atoms with Crippen molar-refractivity contribution in [1.29, 1.82) is 0 Å². The Kier molecular flexibility index (Phi) is 2.71. The van der Waals surface area contributed by atoms with Gasteiger partial charge < -0.3 is 5.11 Å². The van der Waals surface area contributed by atoms with Gasteiger partial charge in [0.15, 0.2) is 0 Å². The molecule has 1 aromatic rings. The molecule has 0 amide bonds. The van der Waals surface area contributed by atoms with Crippen LogP contribution in [0.5, 0.6) is 0 Å². The number of rotatable bonds is 1. The van der Waals surface area contributed by atoms with E-state index < -0.39 is 6.10 Å². The molecule has 0 unspecified atom stereocenters. The fourth-order valence-electron chi connectivity index (χ4n) is 0.725. The zero-order valence-corrected chi connectivity index (χ0v) is 7.39. The molecule has 1 heterocycles. The summed E-state index contributed by atoms with van der Waals surface area (Å²) in [4.78, 5) is 3.74. The molecular weight excluding hydrogens is 185 g/mol. The van der Waals surface area contributed by atoms with E-state index in [1.807, 2.05) is 0 Å². The molecule has 1 aromatic heterocycles. The first-order valence-electron chi connectivity index (χ1n) is 3.10. The monoisotopic (exact) mass is 191 g/mol. The van der Waals surface area contributed by atoms with Gasteiger partial charge in [0, 0.05) is 0 Å². The van der Waals surface area contributed by atoms with E-state index in [4.69, 9.17) is 28.3 Å². The normalized spacial score (nSPS) is 13.1. The van der Waals surface area contributed by atoms with Crippen molar-refractivity contribution < 1.29 is 5.11 Å². The fraction of sp³-hybridized carbons (Fsp3) is 0.286. The summed E-state index contributed by atoms with van der Waals surface area (Å²) in [7, 11) is 0. The van der Waals surface area contributed by atoms with Gasteiger partial charge in [0.05, 0.1) is 6.10 Å². The first kappa shape index (κ1) is 8.78. The summed E-state index contributed by atoms with van der Waals surface area (Å²) in [6, 6.07) is 3.16. The maximum atomic E-state index is 9.13. The van der Waals surface area contributed by atoms with Crippen molar-refractivity contribution in [2.75, 3.05) is 0 Å². The Morgan fingerprint density at radius 3 is 2.18 bits per heavy atom. The highest BCUT2D eigenvalue weighted by atomic mass is 35.5. The molecule has 0 fully saturated rings. The van der Waals surface area contributed by atoms with Crippen molar-refractivity contribution in [3.8, 4) is 0 Å². The fourth-order valence-corrected chi connectivity index (χ4v) is 1.20. The summed E-state index contributed by atoms with van der Waals surface area (Å²) in [5.74, 6) is 0. The number of aliphatic hydroxyl groups is 1. The van der Waals surface area contributed by atoms with Gasteiger partial charge in [-0.05, 0) is 24.6 Å². The smallest absolute Gasteiger partial charge is 0.131 e. The van der Waals surface area contributed by atoms with E-state index in [1.54, 1.807) is 19.1 Å². The third kappa shape index (κ3) is 2.33. The van der Waals surface area contributed by atoms with Crippen LogP contribution < -0.4 is 0 Å². The molecule has 0 aliphatic heterocycles. The Hall–Kier alpha value is -0.310. The molecule has 0 saturated carbocycles. The van der Waals surface area contributed by atoms with Crippen molar-refractivity contribution in [2.45, 2.75) is 13.0 Å². The molecule has 0 aromatic carbocycles. The summed E-state index contributed by atoms with van der Waals surface area (Å²) in [6.07, 6.45) is -0.562. The van der Waals surface area contributed by atoms with E-state index in [9.17, 15) is 0 Å². The van der Waals surface area contributed by atoms with Crippen molar-refractivity contribution in [3.05, 3.63) is 28.0 Å². The van der Waals surface area contributed by atoms with Crippen LogP contribution in [0.4, 0.5) is 0 Å². The quantitative estimate of drug-likeness (QED) is 0.693. The van der Waals surface area contributed by atoms with Crippen LogP contribution in [0.3, 0.4) is 0 Å². The second-order valence-electron chi connectivity index (χ2n) is 2.22. The van der Waals surface area contributed by atoms with Crippen LogP contribution in [0, 0.1) is 0 Å². The van der Waals surface area contributed by atoms with Crippen LogP contribution in [-0.4, -0.2) is 10.1 Å². The molecule has 1 atom stereocenters. The lowest BCUT2D eigenvalue weighted by Crippen LogP contribution is -1.91. The Morgan fingerprint density at radius 1 is 1.36 bits per heavy atom. The van der Waals surface area contributed by atoms with E-state index in [0.29, 0.717) is 15.9 Å². The summed E-state index contributed by atoms with van der Waals surface area (Å²) >= 11 is 11.2. The standard InChI is InChI=1S/C7H7Cl2NO/c1-4(11)5-2-6(8)10-7(9)3-5/h2-4,11H,1H3/t4-/m0/s1. The van der Waals surface area contributed by atoms with E-state index in [1.165, 1.54) is 0 Å². The zero-order chi connectivity index (χ0) is 8.43. The number of hydrogen-bond acceptors (Lipinski definition) is 2. The number of aromatic nitrogens is 1. The largest absolute Gasteiger partial charge is 0.389 e. The van der Waals surface area contributed by atoms with Gasteiger partial charge in [-0.15, -0.1) is 0 Å². The first-order valence-corrected chi connectivity index (χ1v) is 3.86. The molecular formula is C7H7Cl2NO. The molecule has 0 aliphatic rings.